The van der Waals surface area contributed by atoms with Gasteiger partial charge in [0, 0.05) is 0 Å². The number of carbonyl (C=O) groups is 3. The average molecular weight is 701 g/mol. The second kappa shape index (κ2) is 13.2. The van der Waals surface area contributed by atoms with E-state index in [4.69, 9.17) is 18.9 Å². The molecule has 0 radical (unpaired) electrons. The quantitative estimate of drug-likeness (QED) is 0.152. The van der Waals surface area contributed by atoms with Crippen molar-refractivity contribution >= 4 is 17.9 Å². The number of carbonyl (C=O) groups excluding carboxylic acids is 3. The Morgan fingerprint density at radius 2 is 1.32 bits per heavy atom. The van der Waals surface area contributed by atoms with Crippen molar-refractivity contribution in [3.8, 4) is 0 Å². The summed E-state index contributed by atoms with van der Waals surface area (Å²) in [5, 5.41) is 10.3. The number of hydrogen-bond acceptors (Lipinski definition) is 8. The molecular weight excluding hydrogens is 632 g/mol. The Labute approximate surface area is 302 Å². The summed E-state index contributed by atoms with van der Waals surface area (Å²) in [6.45, 7) is 27.2. The highest BCUT2D eigenvalue weighted by Gasteiger charge is 2.72. The van der Waals surface area contributed by atoms with Crippen molar-refractivity contribution in [3.05, 3.63) is 12.2 Å². The van der Waals surface area contributed by atoms with E-state index in [0.717, 1.165) is 63.4 Å². The van der Waals surface area contributed by atoms with E-state index >= 15 is 0 Å². The molecule has 0 spiro atoms. The number of rotatable bonds is 8. The number of ether oxygens (including phenoxy) is 4. The maximum absolute atomic E-state index is 14.2. The lowest BCUT2D eigenvalue weighted by molar-refractivity contribution is -0.258. The Bertz CT molecular complexity index is 1340. The molecule has 0 amide bonds. The van der Waals surface area contributed by atoms with Crippen LogP contribution >= 0.6 is 0 Å². The van der Waals surface area contributed by atoms with Gasteiger partial charge in [0.25, 0.3) is 0 Å². The fraction of sp³-hybridized carbons (Fsp3) is 0.881. The number of aliphatic hydroxyl groups excluding tert-OH is 1. The summed E-state index contributed by atoms with van der Waals surface area (Å²) in [7, 11) is 0. The molecule has 4 unspecified atom stereocenters. The molecule has 0 aromatic carbocycles. The zero-order chi connectivity index (χ0) is 37.3. The molecule has 5 aliphatic rings. The van der Waals surface area contributed by atoms with E-state index in [2.05, 4.69) is 41.2 Å². The molecule has 0 aromatic heterocycles. The molecule has 0 bridgehead atoms. The van der Waals surface area contributed by atoms with Gasteiger partial charge in [-0.15, -0.1) is 0 Å². The normalized spacial score (nSPS) is 40.7. The Hall–Kier alpha value is -1.93. The minimum absolute atomic E-state index is 0.000573. The second-order valence-electron chi connectivity index (χ2n) is 20.4. The second-order valence-corrected chi connectivity index (χ2v) is 20.4. The summed E-state index contributed by atoms with van der Waals surface area (Å²) in [5.74, 6) is 0.510. The molecule has 50 heavy (non-hydrogen) atoms. The molecule has 5 aliphatic carbocycles. The minimum Gasteiger partial charge on any atom is -0.438 e. The van der Waals surface area contributed by atoms with Crippen LogP contribution in [0, 0.1) is 67.5 Å². The van der Waals surface area contributed by atoms with Crippen molar-refractivity contribution in [3.63, 3.8) is 0 Å². The molecule has 5 saturated carbocycles. The van der Waals surface area contributed by atoms with Crippen LogP contribution in [0.25, 0.3) is 0 Å². The van der Waals surface area contributed by atoms with E-state index < -0.39 is 22.2 Å². The molecule has 5 rings (SSSR count). The first-order valence-electron chi connectivity index (χ1n) is 19.4. The number of aliphatic hydroxyl groups is 1. The van der Waals surface area contributed by atoms with Gasteiger partial charge in [0.1, 0.15) is 0 Å². The SMILES string of the molecule is C=C(CO)[C@@H]1CC[C@]2(C(=O)OCOC(=O)C(C)(C)C)CC[C@]3(C)C(CCC4[C@@]5(C)CC[C@H](OCOC(=O)C(C)(C)C)C(C)(C)C5CC[C@]43C)C12. The lowest BCUT2D eigenvalue weighted by Crippen LogP contribution is -2.67. The third-order valence-electron chi connectivity index (χ3n) is 15.6. The van der Waals surface area contributed by atoms with Crippen molar-refractivity contribution < 1.29 is 38.4 Å². The van der Waals surface area contributed by atoms with Crippen LogP contribution in [0.4, 0.5) is 0 Å². The van der Waals surface area contributed by atoms with Crippen molar-refractivity contribution in [2.24, 2.45) is 67.5 Å². The van der Waals surface area contributed by atoms with Gasteiger partial charge in [-0.1, -0.05) is 41.2 Å². The van der Waals surface area contributed by atoms with Crippen molar-refractivity contribution in [2.45, 2.75) is 146 Å². The highest BCUT2D eigenvalue weighted by atomic mass is 16.7. The van der Waals surface area contributed by atoms with E-state index in [1.807, 2.05) is 20.8 Å². The molecule has 0 saturated heterocycles. The Morgan fingerprint density at radius 3 is 1.92 bits per heavy atom. The van der Waals surface area contributed by atoms with E-state index in [1.165, 1.54) is 0 Å². The number of fused-ring (bicyclic) bond motifs is 7. The third-order valence-corrected chi connectivity index (χ3v) is 15.6. The van der Waals surface area contributed by atoms with Crippen LogP contribution in [0.1, 0.15) is 140 Å². The van der Waals surface area contributed by atoms with Crippen LogP contribution in [0.2, 0.25) is 0 Å². The molecule has 0 aliphatic heterocycles. The van der Waals surface area contributed by atoms with Gasteiger partial charge in [0.05, 0.1) is 29.0 Å². The predicted octanol–water partition coefficient (Wildman–Crippen LogP) is 8.64. The zero-order valence-electron chi connectivity index (χ0n) is 33.2. The van der Waals surface area contributed by atoms with Crippen LogP contribution in [0.5, 0.6) is 0 Å². The fourth-order valence-electron chi connectivity index (χ4n) is 12.7. The fourth-order valence-corrected chi connectivity index (χ4v) is 12.7. The first-order chi connectivity index (χ1) is 23.0. The average Bonchev–Trinajstić information content (AvgIpc) is 3.42. The Balaban J connectivity index is 1.38. The lowest BCUT2D eigenvalue weighted by atomic mass is 9.32. The molecule has 0 aromatic rings. The van der Waals surface area contributed by atoms with Crippen LogP contribution in [-0.2, 0) is 33.3 Å². The van der Waals surface area contributed by atoms with Gasteiger partial charge in [0.15, 0.2) is 6.79 Å². The standard InChI is InChI=1S/C42H68O8/c1-26(23-43)27-15-20-42(35(46)50-25-49-34(45)37(5,6)7)22-21-40(11)28(32(27)42)13-14-30-39(10)18-17-31(47-24-48-33(44)36(2,3)4)38(8,9)29(39)16-19-41(30,40)12/h27-32,43H,1,13-25H2,2-12H3/t27-,28?,29?,30?,31-,32?,39-,40+,41+,42-/m0/s1. The third kappa shape index (κ3) is 6.18. The van der Waals surface area contributed by atoms with Crippen molar-refractivity contribution in [1.29, 1.82) is 0 Å². The predicted molar refractivity (Wildman–Crippen MR) is 192 cm³/mol. The maximum Gasteiger partial charge on any atom is 0.315 e. The monoisotopic (exact) mass is 700 g/mol. The topological polar surface area (TPSA) is 108 Å². The first-order valence-corrected chi connectivity index (χ1v) is 19.4. The van der Waals surface area contributed by atoms with Gasteiger partial charge in [-0.2, -0.15) is 0 Å². The largest absolute Gasteiger partial charge is 0.438 e. The van der Waals surface area contributed by atoms with E-state index in [-0.39, 0.29) is 71.7 Å². The van der Waals surface area contributed by atoms with Crippen molar-refractivity contribution in [2.75, 3.05) is 20.2 Å². The maximum atomic E-state index is 14.2. The van der Waals surface area contributed by atoms with E-state index in [9.17, 15) is 19.5 Å². The van der Waals surface area contributed by atoms with E-state index in [1.54, 1.807) is 20.8 Å². The molecule has 1 N–H and O–H groups in total. The van der Waals surface area contributed by atoms with Gasteiger partial charge in [0.2, 0.25) is 6.79 Å². The minimum atomic E-state index is -0.677. The van der Waals surface area contributed by atoms with Gasteiger partial charge >= 0.3 is 17.9 Å². The summed E-state index contributed by atoms with van der Waals surface area (Å²) in [6, 6.07) is 0. The highest BCUT2D eigenvalue weighted by molar-refractivity contribution is 5.79. The number of hydrogen-bond donors (Lipinski definition) is 1. The molecule has 5 fully saturated rings. The van der Waals surface area contributed by atoms with Crippen molar-refractivity contribution in [1.82, 2.24) is 0 Å². The highest BCUT2D eigenvalue weighted by Crippen LogP contribution is 2.77. The first kappa shape index (κ1) is 39.3. The molecular formula is C42H68O8. The van der Waals surface area contributed by atoms with Gasteiger partial charge in [-0.25, -0.2) is 0 Å². The van der Waals surface area contributed by atoms with Crippen LogP contribution < -0.4 is 0 Å². The summed E-state index contributed by atoms with van der Waals surface area (Å²) < 4.78 is 23.1. The van der Waals surface area contributed by atoms with Crippen LogP contribution in [0.3, 0.4) is 0 Å². The van der Waals surface area contributed by atoms with Crippen LogP contribution in [0.15, 0.2) is 12.2 Å². The lowest BCUT2D eigenvalue weighted by Gasteiger charge is -2.72. The Morgan fingerprint density at radius 1 is 0.700 bits per heavy atom. The van der Waals surface area contributed by atoms with Gasteiger partial charge < -0.3 is 24.1 Å². The summed E-state index contributed by atoms with van der Waals surface area (Å²) in [4.78, 5) is 39.1. The van der Waals surface area contributed by atoms with Gasteiger partial charge in [-0.05, 0) is 163 Å². The summed E-state index contributed by atoms with van der Waals surface area (Å²) >= 11 is 0. The number of esters is 3. The van der Waals surface area contributed by atoms with Gasteiger partial charge in [-0.3, -0.25) is 14.4 Å². The summed E-state index contributed by atoms with van der Waals surface area (Å²) in [6.07, 6.45) is 9.64. The molecule has 8 heteroatoms. The molecule has 284 valence electrons. The summed E-state index contributed by atoms with van der Waals surface area (Å²) in [5.41, 5.74) is -0.922. The van der Waals surface area contributed by atoms with E-state index in [0.29, 0.717) is 24.2 Å². The van der Waals surface area contributed by atoms with Crippen LogP contribution in [-0.4, -0.2) is 49.3 Å². The smallest absolute Gasteiger partial charge is 0.315 e. The molecule has 0 heterocycles. The zero-order valence-corrected chi connectivity index (χ0v) is 33.2. The Kier molecular flexibility index (Phi) is 10.4. The molecule has 8 nitrogen and oxygen atoms in total. The molecule has 10 atom stereocenters.